The highest BCUT2D eigenvalue weighted by atomic mass is 14.9. The molecule has 0 saturated carbocycles. The van der Waals surface area contributed by atoms with Crippen molar-refractivity contribution in [1.29, 1.82) is 0 Å². The molecule has 2 aromatic rings. The Hall–Kier alpha value is -1.76. The molecular weight excluding hydrogens is 242 g/mol. The minimum Gasteiger partial charge on any atom is -0.378 e. The van der Waals surface area contributed by atoms with Crippen molar-refractivity contribution in [2.24, 2.45) is 5.92 Å². The molecule has 1 N–H and O–H groups in total. The van der Waals surface area contributed by atoms with Crippen molar-refractivity contribution >= 4 is 5.69 Å². The molecule has 1 nitrogen and oxygen atoms in total. The van der Waals surface area contributed by atoms with Gasteiger partial charge in [-0.3, -0.25) is 0 Å². The second kappa shape index (κ2) is 6.60. The van der Waals surface area contributed by atoms with Crippen molar-refractivity contribution < 1.29 is 0 Å². The topological polar surface area (TPSA) is 12.0 Å². The first-order valence-electron chi connectivity index (χ1n) is 7.45. The summed E-state index contributed by atoms with van der Waals surface area (Å²) in [6.45, 7) is 8.87. The van der Waals surface area contributed by atoms with Crippen molar-refractivity contribution in [3.8, 4) is 0 Å². The lowest BCUT2D eigenvalue weighted by Gasteiger charge is -2.23. The molecule has 0 saturated heterocycles. The van der Waals surface area contributed by atoms with Crippen LogP contribution in [0.5, 0.6) is 0 Å². The van der Waals surface area contributed by atoms with Crippen LogP contribution < -0.4 is 5.32 Å². The van der Waals surface area contributed by atoms with Gasteiger partial charge >= 0.3 is 0 Å². The molecule has 1 unspecified atom stereocenters. The SMILES string of the molecule is Cc1ccc(C)c(NC(CC(C)C)c2ccccc2)c1. The maximum atomic E-state index is 3.74. The average Bonchev–Trinajstić information content (AvgIpc) is 2.42. The smallest absolute Gasteiger partial charge is 0.0516 e. The normalized spacial score (nSPS) is 12.4. The molecule has 20 heavy (non-hydrogen) atoms. The minimum atomic E-state index is 0.372. The third-order valence-corrected chi connectivity index (χ3v) is 3.63. The van der Waals surface area contributed by atoms with Crippen molar-refractivity contribution in [2.45, 2.75) is 40.2 Å². The lowest BCUT2D eigenvalue weighted by atomic mass is 9.96. The highest BCUT2D eigenvalue weighted by Crippen LogP contribution is 2.28. The summed E-state index contributed by atoms with van der Waals surface area (Å²) in [5.74, 6) is 0.665. The van der Waals surface area contributed by atoms with Gasteiger partial charge in [0.05, 0.1) is 6.04 Å². The average molecular weight is 267 g/mol. The third-order valence-electron chi connectivity index (χ3n) is 3.63. The molecule has 0 amide bonds. The Kier molecular flexibility index (Phi) is 4.84. The van der Waals surface area contributed by atoms with Crippen LogP contribution in [0.1, 0.15) is 43.0 Å². The molecule has 2 rings (SSSR count). The van der Waals surface area contributed by atoms with E-state index in [1.807, 2.05) is 0 Å². The summed E-state index contributed by atoms with van der Waals surface area (Å²) in [4.78, 5) is 0. The summed E-state index contributed by atoms with van der Waals surface area (Å²) in [5.41, 5.74) is 5.22. The number of hydrogen-bond acceptors (Lipinski definition) is 1. The van der Waals surface area contributed by atoms with Crippen LogP contribution in [-0.2, 0) is 0 Å². The van der Waals surface area contributed by atoms with Crippen LogP contribution in [0, 0.1) is 19.8 Å². The van der Waals surface area contributed by atoms with Crippen LogP contribution in [0.4, 0.5) is 5.69 Å². The van der Waals surface area contributed by atoms with E-state index in [4.69, 9.17) is 0 Å². The summed E-state index contributed by atoms with van der Waals surface area (Å²) >= 11 is 0. The maximum absolute atomic E-state index is 3.74. The van der Waals surface area contributed by atoms with Gasteiger partial charge in [-0.2, -0.15) is 0 Å². The Morgan fingerprint density at radius 3 is 2.30 bits per heavy atom. The van der Waals surface area contributed by atoms with Gasteiger partial charge in [0.15, 0.2) is 0 Å². The molecule has 0 bridgehead atoms. The van der Waals surface area contributed by atoms with Crippen LogP contribution in [0.15, 0.2) is 48.5 Å². The molecule has 2 aromatic carbocycles. The number of hydrogen-bond donors (Lipinski definition) is 1. The first-order chi connectivity index (χ1) is 9.56. The second-order valence-electron chi connectivity index (χ2n) is 6.06. The van der Waals surface area contributed by atoms with Gasteiger partial charge < -0.3 is 5.32 Å². The van der Waals surface area contributed by atoms with Crippen molar-refractivity contribution in [1.82, 2.24) is 0 Å². The molecule has 1 heteroatoms. The van der Waals surface area contributed by atoms with Crippen LogP contribution in [0.2, 0.25) is 0 Å². The van der Waals surface area contributed by atoms with E-state index in [0.717, 1.165) is 6.42 Å². The molecule has 0 aliphatic carbocycles. The molecule has 0 aliphatic rings. The molecule has 0 aliphatic heterocycles. The monoisotopic (exact) mass is 267 g/mol. The fraction of sp³-hybridized carbons (Fsp3) is 0.368. The molecule has 0 heterocycles. The van der Waals surface area contributed by atoms with Gasteiger partial charge in [0.2, 0.25) is 0 Å². The first kappa shape index (κ1) is 14.6. The van der Waals surface area contributed by atoms with Gasteiger partial charge in [0.1, 0.15) is 0 Å². The summed E-state index contributed by atoms with van der Waals surface area (Å²) in [5, 5.41) is 3.74. The number of aryl methyl sites for hydroxylation is 2. The molecule has 0 fully saturated rings. The Bertz CT molecular complexity index is 543. The van der Waals surface area contributed by atoms with Gasteiger partial charge in [0, 0.05) is 5.69 Å². The standard InChI is InChI=1S/C19H25N/c1-14(2)12-19(17-8-6-5-7-9-17)20-18-13-15(3)10-11-16(18)4/h5-11,13-14,19-20H,12H2,1-4H3. The Morgan fingerprint density at radius 1 is 0.950 bits per heavy atom. The molecule has 0 spiro atoms. The predicted molar refractivity (Wildman–Crippen MR) is 88.2 cm³/mol. The highest BCUT2D eigenvalue weighted by Gasteiger charge is 2.14. The first-order valence-corrected chi connectivity index (χ1v) is 7.45. The second-order valence-corrected chi connectivity index (χ2v) is 6.06. The zero-order valence-electron chi connectivity index (χ0n) is 13.0. The van der Waals surface area contributed by atoms with Gasteiger partial charge in [-0.25, -0.2) is 0 Å². The maximum Gasteiger partial charge on any atom is 0.0516 e. The van der Waals surface area contributed by atoms with Gasteiger partial charge in [-0.15, -0.1) is 0 Å². The van der Waals surface area contributed by atoms with Crippen molar-refractivity contribution in [2.75, 3.05) is 5.32 Å². The minimum absolute atomic E-state index is 0.372. The van der Waals surface area contributed by atoms with Crippen LogP contribution in [-0.4, -0.2) is 0 Å². The summed E-state index contributed by atoms with van der Waals surface area (Å²) < 4.78 is 0. The Balaban J connectivity index is 2.26. The van der Waals surface area contributed by atoms with E-state index >= 15 is 0 Å². The number of anilines is 1. The molecule has 0 aromatic heterocycles. The van der Waals surface area contributed by atoms with E-state index < -0.39 is 0 Å². The van der Waals surface area contributed by atoms with E-state index in [1.54, 1.807) is 0 Å². The quantitative estimate of drug-likeness (QED) is 0.754. The molecular formula is C19H25N. The van der Waals surface area contributed by atoms with E-state index in [-0.39, 0.29) is 0 Å². The van der Waals surface area contributed by atoms with Gasteiger partial charge in [-0.05, 0) is 48.9 Å². The largest absolute Gasteiger partial charge is 0.378 e. The van der Waals surface area contributed by atoms with Crippen molar-refractivity contribution in [3.63, 3.8) is 0 Å². The number of rotatable bonds is 5. The van der Waals surface area contributed by atoms with E-state index in [0.29, 0.717) is 12.0 Å². The predicted octanol–water partition coefficient (Wildman–Crippen LogP) is 5.50. The molecule has 1 atom stereocenters. The van der Waals surface area contributed by atoms with Crippen LogP contribution >= 0.6 is 0 Å². The fourth-order valence-electron chi connectivity index (χ4n) is 2.51. The third kappa shape index (κ3) is 3.86. The molecule has 0 radical (unpaired) electrons. The fourth-order valence-corrected chi connectivity index (χ4v) is 2.51. The highest BCUT2D eigenvalue weighted by molar-refractivity contribution is 5.54. The Morgan fingerprint density at radius 2 is 1.65 bits per heavy atom. The zero-order chi connectivity index (χ0) is 14.5. The zero-order valence-corrected chi connectivity index (χ0v) is 13.0. The van der Waals surface area contributed by atoms with Gasteiger partial charge in [0.25, 0.3) is 0 Å². The van der Waals surface area contributed by atoms with Crippen LogP contribution in [0.3, 0.4) is 0 Å². The number of benzene rings is 2. The van der Waals surface area contributed by atoms with E-state index in [1.165, 1.54) is 22.4 Å². The van der Waals surface area contributed by atoms with Crippen molar-refractivity contribution in [3.05, 3.63) is 65.2 Å². The number of nitrogens with one attached hydrogen (secondary N) is 1. The van der Waals surface area contributed by atoms with E-state index in [2.05, 4.69) is 81.5 Å². The Labute approximate surface area is 123 Å². The van der Waals surface area contributed by atoms with Crippen LogP contribution in [0.25, 0.3) is 0 Å². The lowest BCUT2D eigenvalue weighted by molar-refractivity contribution is 0.531. The molecule has 106 valence electrons. The lowest BCUT2D eigenvalue weighted by Crippen LogP contribution is -2.14. The van der Waals surface area contributed by atoms with E-state index in [9.17, 15) is 0 Å². The summed E-state index contributed by atoms with van der Waals surface area (Å²) in [6.07, 6.45) is 1.14. The van der Waals surface area contributed by atoms with Gasteiger partial charge in [-0.1, -0.05) is 56.3 Å². The summed E-state index contributed by atoms with van der Waals surface area (Å²) in [7, 11) is 0. The summed E-state index contributed by atoms with van der Waals surface area (Å²) in [6, 6.07) is 17.7.